The summed E-state index contributed by atoms with van der Waals surface area (Å²) in [5, 5.41) is 0. The maximum atomic E-state index is 12.2. The van der Waals surface area contributed by atoms with Gasteiger partial charge in [-0.3, -0.25) is 4.79 Å². The average molecular weight is 221 g/mol. The highest BCUT2D eigenvalue weighted by Crippen LogP contribution is 2.15. The smallest absolute Gasteiger partial charge is 0.194 e. The SMILES string of the molecule is C#Cc1ccccc1C(=O)c1cccc(N)c1. The number of carbonyl (C=O) groups is 1. The molecule has 2 heteroatoms. The van der Waals surface area contributed by atoms with Crippen LogP contribution in [0.2, 0.25) is 0 Å². The molecule has 0 atom stereocenters. The molecule has 0 heterocycles. The Morgan fingerprint density at radius 2 is 1.88 bits per heavy atom. The molecule has 0 aliphatic rings. The summed E-state index contributed by atoms with van der Waals surface area (Å²) in [5.74, 6) is 2.40. The summed E-state index contributed by atoms with van der Waals surface area (Å²) >= 11 is 0. The molecule has 0 unspecified atom stereocenters. The number of terminal acetylenes is 1. The van der Waals surface area contributed by atoms with E-state index in [2.05, 4.69) is 5.92 Å². The molecule has 2 N–H and O–H groups in total. The Morgan fingerprint density at radius 1 is 1.12 bits per heavy atom. The molecule has 82 valence electrons. The average Bonchev–Trinajstić information content (AvgIpc) is 2.38. The Bertz CT molecular complexity index is 608. The summed E-state index contributed by atoms with van der Waals surface area (Å²) in [5.41, 5.74) is 7.89. The fraction of sp³-hybridized carbons (Fsp3) is 0. The van der Waals surface area contributed by atoms with E-state index < -0.39 is 0 Å². The van der Waals surface area contributed by atoms with Crippen LogP contribution in [-0.2, 0) is 0 Å². The Labute approximate surface area is 100 Å². The van der Waals surface area contributed by atoms with Gasteiger partial charge in [0, 0.05) is 22.4 Å². The summed E-state index contributed by atoms with van der Waals surface area (Å²) in [6, 6.07) is 13.9. The molecule has 0 saturated heterocycles. The van der Waals surface area contributed by atoms with Gasteiger partial charge in [0.1, 0.15) is 0 Å². The zero-order chi connectivity index (χ0) is 12.3. The highest BCUT2D eigenvalue weighted by Gasteiger charge is 2.11. The third kappa shape index (κ3) is 2.19. The van der Waals surface area contributed by atoms with Crippen LogP contribution in [0.25, 0.3) is 0 Å². The molecular formula is C15H11NO. The summed E-state index contributed by atoms with van der Waals surface area (Å²) < 4.78 is 0. The quantitative estimate of drug-likeness (QED) is 0.481. The molecule has 0 spiro atoms. The summed E-state index contributed by atoms with van der Waals surface area (Å²) in [4.78, 5) is 12.2. The Hall–Kier alpha value is -2.53. The number of nitrogens with two attached hydrogens (primary N) is 1. The molecule has 0 aromatic heterocycles. The fourth-order valence-electron chi connectivity index (χ4n) is 1.64. The van der Waals surface area contributed by atoms with Crippen molar-refractivity contribution in [3.63, 3.8) is 0 Å². The molecule has 2 aromatic carbocycles. The van der Waals surface area contributed by atoms with Crippen LogP contribution in [0.5, 0.6) is 0 Å². The number of anilines is 1. The number of hydrogen-bond donors (Lipinski definition) is 1. The molecule has 0 aliphatic heterocycles. The van der Waals surface area contributed by atoms with Gasteiger partial charge in [0.05, 0.1) is 0 Å². The predicted molar refractivity (Wildman–Crippen MR) is 68.7 cm³/mol. The first-order chi connectivity index (χ1) is 8.22. The van der Waals surface area contributed by atoms with Crippen LogP contribution in [0.4, 0.5) is 5.69 Å². The molecular weight excluding hydrogens is 210 g/mol. The molecule has 0 fully saturated rings. The van der Waals surface area contributed by atoms with Gasteiger partial charge in [0.15, 0.2) is 5.78 Å². The van der Waals surface area contributed by atoms with E-state index in [9.17, 15) is 4.79 Å². The van der Waals surface area contributed by atoms with Crippen molar-refractivity contribution in [3.8, 4) is 12.3 Å². The van der Waals surface area contributed by atoms with E-state index >= 15 is 0 Å². The van der Waals surface area contributed by atoms with Crippen LogP contribution in [0, 0.1) is 12.3 Å². The Kier molecular flexibility index (Phi) is 2.93. The van der Waals surface area contributed by atoms with Gasteiger partial charge in [-0.1, -0.05) is 30.2 Å². The van der Waals surface area contributed by atoms with Crippen molar-refractivity contribution in [2.45, 2.75) is 0 Å². The van der Waals surface area contributed by atoms with Gasteiger partial charge in [-0.2, -0.15) is 0 Å². The summed E-state index contributed by atoms with van der Waals surface area (Å²) in [6.45, 7) is 0. The lowest BCUT2D eigenvalue weighted by Gasteiger charge is -2.04. The maximum Gasteiger partial charge on any atom is 0.194 e. The van der Waals surface area contributed by atoms with Gasteiger partial charge in [-0.15, -0.1) is 6.42 Å². The molecule has 0 radical (unpaired) electrons. The third-order valence-electron chi connectivity index (χ3n) is 2.48. The van der Waals surface area contributed by atoms with Crippen LogP contribution in [0.3, 0.4) is 0 Å². The lowest BCUT2D eigenvalue weighted by atomic mass is 9.98. The summed E-state index contributed by atoms with van der Waals surface area (Å²) in [6.07, 6.45) is 5.37. The van der Waals surface area contributed by atoms with Crippen molar-refractivity contribution < 1.29 is 4.79 Å². The second-order valence-corrected chi connectivity index (χ2v) is 3.64. The van der Waals surface area contributed by atoms with E-state index in [1.54, 1.807) is 42.5 Å². The van der Waals surface area contributed by atoms with E-state index in [0.717, 1.165) is 0 Å². The second-order valence-electron chi connectivity index (χ2n) is 3.64. The van der Waals surface area contributed by atoms with Crippen LogP contribution >= 0.6 is 0 Å². The normalized spacial score (nSPS) is 9.59. The fourth-order valence-corrected chi connectivity index (χ4v) is 1.64. The number of rotatable bonds is 2. The molecule has 0 saturated carbocycles. The highest BCUT2D eigenvalue weighted by molar-refractivity contribution is 6.10. The molecule has 0 aliphatic carbocycles. The van der Waals surface area contributed by atoms with Gasteiger partial charge >= 0.3 is 0 Å². The van der Waals surface area contributed by atoms with Crippen molar-refractivity contribution in [2.75, 3.05) is 5.73 Å². The van der Waals surface area contributed by atoms with Crippen LogP contribution in [0.15, 0.2) is 48.5 Å². The number of hydrogen-bond acceptors (Lipinski definition) is 2. The highest BCUT2D eigenvalue weighted by atomic mass is 16.1. The molecule has 0 bridgehead atoms. The minimum absolute atomic E-state index is 0.106. The van der Waals surface area contributed by atoms with Gasteiger partial charge in [0.25, 0.3) is 0 Å². The van der Waals surface area contributed by atoms with Crippen molar-refractivity contribution >= 4 is 11.5 Å². The van der Waals surface area contributed by atoms with Crippen LogP contribution < -0.4 is 5.73 Å². The van der Waals surface area contributed by atoms with Crippen LogP contribution in [-0.4, -0.2) is 5.78 Å². The first kappa shape index (κ1) is 11.0. The van der Waals surface area contributed by atoms with Gasteiger partial charge in [0.2, 0.25) is 0 Å². The molecule has 0 amide bonds. The lowest BCUT2D eigenvalue weighted by Crippen LogP contribution is -2.04. The number of benzene rings is 2. The Morgan fingerprint density at radius 3 is 2.59 bits per heavy atom. The number of carbonyl (C=O) groups excluding carboxylic acids is 1. The van der Waals surface area contributed by atoms with E-state index in [0.29, 0.717) is 22.4 Å². The maximum absolute atomic E-state index is 12.2. The predicted octanol–water partition coefficient (Wildman–Crippen LogP) is 2.48. The lowest BCUT2D eigenvalue weighted by molar-refractivity contribution is 0.103. The standard InChI is InChI=1S/C15H11NO/c1-2-11-6-3-4-9-14(11)15(17)12-7-5-8-13(16)10-12/h1,3-10H,16H2. The van der Waals surface area contributed by atoms with E-state index in [1.807, 2.05) is 6.07 Å². The van der Waals surface area contributed by atoms with E-state index in [-0.39, 0.29) is 5.78 Å². The third-order valence-corrected chi connectivity index (χ3v) is 2.48. The van der Waals surface area contributed by atoms with Gasteiger partial charge in [-0.05, 0) is 24.3 Å². The summed E-state index contributed by atoms with van der Waals surface area (Å²) in [7, 11) is 0. The van der Waals surface area contributed by atoms with Crippen molar-refractivity contribution in [2.24, 2.45) is 0 Å². The minimum atomic E-state index is -0.106. The number of nitrogen functional groups attached to an aromatic ring is 1. The van der Waals surface area contributed by atoms with Gasteiger partial charge < -0.3 is 5.73 Å². The van der Waals surface area contributed by atoms with Crippen LogP contribution in [0.1, 0.15) is 21.5 Å². The first-order valence-corrected chi connectivity index (χ1v) is 5.18. The largest absolute Gasteiger partial charge is 0.399 e. The zero-order valence-electron chi connectivity index (χ0n) is 9.18. The van der Waals surface area contributed by atoms with Crippen molar-refractivity contribution in [3.05, 3.63) is 65.2 Å². The van der Waals surface area contributed by atoms with E-state index in [1.165, 1.54) is 0 Å². The second kappa shape index (κ2) is 4.54. The molecule has 2 nitrogen and oxygen atoms in total. The first-order valence-electron chi connectivity index (χ1n) is 5.18. The topological polar surface area (TPSA) is 43.1 Å². The molecule has 2 aromatic rings. The number of ketones is 1. The van der Waals surface area contributed by atoms with E-state index in [4.69, 9.17) is 12.2 Å². The zero-order valence-corrected chi connectivity index (χ0v) is 9.18. The molecule has 17 heavy (non-hydrogen) atoms. The van der Waals surface area contributed by atoms with Crippen molar-refractivity contribution in [1.82, 2.24) is 0 Å². The van der Waals surface area contributed by atoms with Crippen molar-refractivity contribution in [1.29, 1.82) is 0 Å². The molecule has 2 rings (SSSR count). The minimum Gasteiger partial charge on any atom is -0.399 e. The van der Waals surface area contributed by atoms with Gasteiger partial charge in [-0.25, -0.2) is 0 Å². The monoisotopic (exact) mass is 221 g/mol. The Balaban J connectivity index is 2.48.